The number of methoxy groups -OCH3 is 1. The molecule has 15 heavy (non-hydrogen) atoms. The second-order valence-electron chi connectivity index (χ2n) is 4.04. The van der Waals surface area contributed by atoms with Crippen molar-refractivity contribution in [3.63, 3.8) is 0 Å². The van der Waals surface area contributed by atoms with Gasteiger partial charge in [0.1, 0.15) is 0 Å². The summed E-state index contributed by atoms with van der Waals surface area (Å²) in [6, 6.07) is 0. The summed E-state index contributed by atoms with van der Waals surface area (Å²) in [6.07, 6.45) is 0.429. The summed E-state index contributed by atoms with van der Waals surface area (Å²) in [5.41, 5.74) is -0.282. The molecule has 0 N–H and O–H groups in total. The molecule has 0 rings (SSSR count). The average molecular weight is 214 g/mol. The Morgan fingerprint density at radius 2 is 1.87 bits per heavy atom. The van der Waals surface area contributed by atoms with E-state index in [2.05, 4.69) is 11.3 Å². The molecule has 0 aromatic carbocycles. The third kappa shape index (κ3) is 4.63. The first kappa shape index (κ1) is 13.7. The summed E-state index contributed by atoms with van der Waals surface area (Å²) in [5.74, 6) is -0.746. The monoisotopic (exact) mass is 214 g/mol. The van der Waals surface area contributed by atoms with E-state index in [4.69, 9.17) is 4.74 Å². The van der Waals surface area contributed by atoms with Crippen molar-refractivity contribution in [2.24, 2.45) is 5.41 Å². The summed E-state index contributed by atoms with van der Waals surface area (Å²) in [6.45, 7) is 8.71. The SMILES string of the molecule is C=C(C)C(=O)OCCC(C)(C)C(=O)OC. The van der Waals surface area contributed by atoms with Gasteiger partial charge in [-0.25, -0.2) is 4.79 Å². The molecule has 0 bridgehead atoms. The van der Waals surface area contributed by atoms with Crippen LogP contribution in [0.2, 0.25) is 0 Å². The zero-order valence-corrected chi connectivity index (χ0v) is 9.75. The Kier molecular flexibility index (Phi) is 5.05. The Morgan fingerprint density at radius 1 is 1.33 bits per heavy atom. The molecule has 0 heterocycles. The van der Waals surface area contributed by atoms with Crippen LogP contribution in [-0.2, 0) is 19.1 Å². The number of carbonyl (C=O) groups is 2. The Bertz CT molecular complexity index is 266. The fraction of sp³-hybridized carbons (Fsp3) is 0.636. The van der Waals surface area contributed by atoms with Crippen molar-refractivity contribution in [3.05, 3.63) is 12.2 Å². The Balaban J connectivity index is 4.00. The van der Waals surface area contributed by atoms with Crippen molar-refractivity contribution in [1.82, 2.24) is 0 Å². The van der Waals surface area contributed by atoms with E-state index >= 15 is 0 Å². The number of hydrogen-bond acceptors (Lipinski definition) is 4. The van der Waals surface area contributed by atoms with Crippen LogP contribution < -0.4 is 0 Å². The Hall–Kier alpha value is -1.32. The maximum Gasteiger partial charge on any atom is 0.333 e. The quantitative estimate of drug-likeness (QED) is 0.516. The van der Waals surface area contributed by atoms with E-state index in [9.17, 15) is 9.59 Å². The first-order chi connectivity index (χ1) is 6.81. The number of ether oxygens (including phenoxy) is 2. The highest BCUT2D eigenvalue weighted by atomic mass is 16.5. The van der Waals surface area contributed by atoms with E-state index < -0.39 is 11.4 Å². The van der Waals surface area contributed by atoms with Gasteiger partial charge in [-0.15, -0.1) is 0 Å². The molecule has 4 heteroatoms. The lowest BCUT2D eigenvalue weighted by Gasteiger charge is -2.20. The summed E-state index contributed by atoms with van der Waals surface area (Å²) in [4.78, 5) is 22.3. The molecule has 86 valence electrons. The molecular weight excluding hydrogens is 196 g/mol. The standard InChI is InChI=1S/C11H18O4/c1-8(2)9(12)15-7-6-11(3,4)10(13)14-5/h1,6-7H2,2-5H3. The minimum absolute atomic E-state index is 0.188. The van der Waals surface area contributed by atoms with Crippen LogP contribution in [0.4, 0.5) is 0 Å². The zero-order chi connectivity index (χ0) is 12.1. The second kappa shape index (κ2) is 5.53. The lowest BCUT2D eigenvalue weighted by Crippen LogP contribution is -2.27. The molecular formula is C11H18O4. The normalized spacial score (nSPS) is 10.7. The first-order valence-electron chi connectivity index (χ1n) is 4.72. The van der Waals surface area contributed by atoms with Crippen LogP contribution in [0, 0.1) is 5.41 Å². The summed E-state index contributed by atoms with van der Waals surface area (Å²) in [7, 11) is 1.34. The predicted molar refractivity (Wildman–Crippen MR) is 56.2 cm³/mol. The number of rotatable bonds is 5. The van der Waals surface area contributed by atoms with Gasteiger partial charge in [-0.1, -0.05) is 6.58 Å². The average Bonchev–Trinajstić information content (AvgIpc) is 2.15. The van der Waals surface area contributed by atoms with Gasteiger partial charge < -0.3 is 9.47 Å². The molecule has 0 aromatic rings. The van der Waals surface area contributed by atoms with E-state index in [0.717, 1.165) is 0 Å². The highest BCUT2D eigenvalue weighted by Gasteiger charge is 2.28. The van der Waals surface area contributed by atoms with Crippen molar-refractivity contribution in [1.29, 1.82) is 0 Å². The first-order valence-corrected chi connectivity index (χ1v) is 4.72. The van der Waals surface area contributed by atoms with Crippen molar-refractivity contribution in [2.45, 2.75) is 27.2 Å². The maximum atomic E-state index is 11.3. The molecule has 0 saturated heterocycles. The maximum absolute atomic E-state index is 11.3. The van der Waals surface area contributed by atoms with Gasteiger partial charge in [0, 0.05) is 5.57 Å². The molecule has 0 aliphatic heterocycles. The second-order valence-corrected chi connectivity index (χ2v) is 4.04. The third-order valence-corrected chi connectivity index (χ3v) is 2.05. The predicted octanol–water partition coefficient (Wildman–Crippen LogP) is 1.70. The third-order valence-electron chi connectivity index (χ3n) is 2.05. The van der Waals surface area contributed by atoms with Gasteiger partial charge in [0.15, 0.2) is 0 Å². The largest absolute Gasteiger partial charge is 0.469 e. The van der Waals surface area contributed by atoms with Gasteiger partial charge in [-0.05, 0) is 27.2 Å². The van der Waals surface area contributed by atoms with E-state index in [0.29, 0.717) is 12.0 Å². The van der Waals surface area contributed by atoms with Gasteiger partial charge in [0.2, 0.25) is 0 Å². The Labute approximate surface area is 90.2 Å². The molecule has 0 aromatic heterocycles. The number of esters is 2. The molecule has 0 amide bonds. The van der Waals surface area contributed by atoms with Gasteiger partial charge >= 0.3 is 11.9 Å². The minimum Gasteiger partial charge on any atom is -0.469 e. The van der Waals surface area contributed by atoms with Crippen LogP contribution in [0.3, 0.4) is 0 Å². The van der Waals surface area contributed by atoms with E-state index in [-0.39, 0.29) is 12.6 Å². The van der Waals surface area contributed by atoms with Crippen molar-refractivity contribution in [3.8, 4) is 0 Å². The van der Waals surface area contributed by atoms with E-state index in [1.165, 1.54) is 7.11 Å². The van der Waals surface area contributed by atoms with Crippen molar-refractivity contribution >= 4 is 11.9 Å². The molecule has 4 nitrogen and oxygen atoms in total. The highest BCUT2D eigenvalue weighted by molar-refractivity contribution is 5.86. The van der Waals surface area contributed by atoms with Crippen LogP contribution >= 0.6 is 0 Å². The fourth-order valence-corrected chi connectivity index (χ4v) is 0.900. The fourth-order valence-electron chi connectivity index (χ4n) is 0.900. The van der Waals surface area contributed by atoms with Crippen LogP contribution in [0.15, 0.2) is 12.2 Å². The van der Waals surface area contributed by atoms with Gasteiger partial charge in [-0.2, -0.15) is 0 Å². The molecule has 0 unspecified atom stereocenters. The van der Waals surface area contributed by atoms with Crippen LogP contribution in [0.25, 0.3) is 0 Å². The molecule has 0 saturated carbocycles. The Morgan fingerprint density at radius 3 is 2.27 bits per heavy atom. The molecule has 0 aliphatic rings. The van der Waals surface area contributed by atoms with Crippen LogP contribution in [-0.4, -0.2) is 25.7 Å². The molecule has 0 radical (unpaired) electrons. The van der Waals surface area contributed by atoms with Crippen LogP contribution in [0.1, 0.15) is 27.2 Å². The number of hydrogen-bond donors (Lipinski definition) is 0. The van der Waals surface area contributed by atoms with Crippen LogP contribution in [0.5, 0.6) is 0 Å². The minimum atomic E-state index is -0.635. The summed E-state index contributed by atoms with van der Waals surface area (Å²) >= 11 is 0. The number of carbonyl (C=O) groups excluding carboxylic acids is 2. The van der Waals surface area contributed by atoms with Gasteiger partial charge in [-0.3, -0.25) is 4.79 Å². The van der Waals surface area contributed by atoms with Crippen molar-refractivity contribution < 1.29 is 19.1 Å². The molecule has 0 aliphatic carbocycles. The summed E-state index contributed by atoms with van der Waals surface area (Å²) in [5, 5.41) is 0. The van der Waals surface area contributed by atoms with Gasteiger partial charge in [0.05, 0.1) is 19.1 Å². The lowest BCUT2D eigenvalue weighted by molar-refractivity contribution is -0.153. The highest BCUT2D eigenvalue weighted by Crippen LogP contribution is 2.21. The zero-order valence-electron chi connectivity index (χ0n) is 9.75. The van der Waals surface area contributed by atoms with E-state index in [1.54, 1.807) is 20.8 Å². The topological polar surface area (TPSA) is 52.6 Å². The van der Waals surface area contributed by atoms with E-state index in [1.807, 2.05) is 0 Å². The summed E-state index contributed by atoms with van der Waals surface area (Å²) < 4.78 is 9.51. The van der Waals surface area contributed by atoms with Crippen molar-refractivity contribution in [2.75, 3.05) is 13.7 Å². The smallest absolute Gasteiger partial charge is 0.333 e. The van der Waals surface area contributed by atoms with Gasteiger partial charge in [0.25, 0.3) is 0 Å². The molecule has 0 fully saturated rings. The lowest BCUT2D eigenvalue weighted by atomic mass is 9.90. The molecule has 0 spiro atoms. The molecule has 0 atom stereocenters.